The summed E-state index contributed by atoms with van der Waals surface area (Å²) in [6.07, 6.45) is 2.30. The molecule has 0 bridgehead atoms. The van der Waals surface area contributed by atoms with E-state index in [0.717, 1.165) is 6.20 Å². The largest absolute Gasteiger partial charge is 0.334 e. The Labute approximate surface area is 43.9 Å². The van der Waals surface area contributed by atoms with Crippen molar-refractivity contribution in [2.75, 3.05) is 0 Å². The number of hydrogen-bond acceptors (Lipinski definition) is 2. The Kier molecular flexibility index (Phi) is 1.19. The summed E-state index contributed by atoms with van der Waals surface area (Å²) >= 11 is 0. The lowest BCUT2D eigenvalue weighted by molar-refractivity contribution is 0.0546. The molecule has 0 aliphatic heterocycles. The average Bonchev–Trinajstić information content (AvgIpc) is 2.12. The molecule has 0 N–H and O–H groups in total. The van der Waals surface area contributed by atoms with Gasteiger partial charge in [-0.25, -0.2) is 0 Å². The molecule has 1 aromatic heterocycles. The molecule has 44 valence electrons. The second-order valence-electron chi connectivity index (χ2n) is 1.16. The molecule has 0 saturated heterocycles. The van der Waals surface area contributed by atoms with E-state index in [0.29, 0.717) is 4.68 Å². The van der Waals surface area contributed by atoms with Crippen LogP contribution in [0.2, 0.25) is 0 Å². The fourth-order valence-electron chi connectivity index (χ4n) is 0.321. The van der Waals surface area contributed by atoms with Crippen LogP contribution in [0.5, 0.6) is 0 Å². The van der Waals surface area contributed by atoms with Crippen molar-refractivity contribution in [3.63, 3.8) is 0 Å². The zero-order valence-corrected chi connectivity index (χ0v) is 3.83. The smallest absolute Gasteiger partial charge is 0.191 e. The van der Waals surface area contributed by atoms with Gasteiger partial charge in [0.1, 0.15) is 0 Å². The summed E-state index contributed by atoms with van der Waals surface area (Å²) in [4.78, 5) is 0. The third-order valence-electron chi connectivity index (χ3n) is 0.641. The Bertz CT molecular complexity index is 148. The summed E-state index contributed by atoms with van der Waals surface area (Å²) in [6, 6.07) is 0. The Morgan fingerprint density at radius 3 is 2.50 bits per heavy atom. The Morgan fingerprint density at radius 1 is 1.50 bits per heavy atom. The second kappa shape index (κ2) is 1.85. The van der Waals surface area contributed by atoms with Gasteiger partial charge in [0.15, 0.2) is 0 Å². The van der Waals surface area contributed by atoms with Crippen LogP contribution >= 0.6 is 0 Å². The molecule has 1 rings (SSSR count). The van der Waals surface area contributed by atoms with Crippen molar-refractivity contribution in [2.45, 2.75) is 6.55 Å². The summed E-state index contributed by atoms with van der Waals surface area (Å²) in [5.74, 6) is 0. The van der Waals surface area contributed by atoms with Crippen molar-refractivity contribution in [3.8, 4) is 0 Å². The van der Waals surface area contributed by atoms with E-state index in [1.54, 1.807) is 0 Å². The van der Waals surface area contributed by atoms with Crippen molar-refractivity contribution < 1.29 is 8.78 Å². The molecule has 0 atom stereocenters. The first-order valence-electron chi connectivity index (χ1n) is 1.94. The van der Waals surface area contributed by atoms with Gasteiger partial charge in [0.2, 0.25) is 0 Å². The van der Waals surface area contributed by atoms with E-state index in [-0.39, 0.29) is 0 Å². The summed E-state index contributed by atoms with van der Waals surface area (Å²) in [5, 5.41) is 6.21. The highest BCUT2D eigenvalue weighted by atomic mass is 19.3. The van der Waals surface area contributed by atoms with Gasteiger partial charge < -0.3 is 0 Å². The molecule has 3 nitrogen and oxygen atoms in total. The molecule has 0 aliphatic rings. The number of halogens is 2. The van der Waals surface area contributed by atoms with Crippen molar-refractivity contribution >= 4 is 0 Å². The first-order valence-corrected chi connectivity index (χ1v) is 1.94. The minimum Gasteiger partial charge on any atom is -0.191 e. The van der Waals surface area contributed by atoms with Crippen LogP contribution in [-0.4, -0.2) is 15.0 Å². The Hall–Kier alpha value is -1.00. The first kappa shape index (κ1) is 5.14. The normalized spacial score (nSPS) is 10.4. The minimum atomic E-state index is -2.57. The SMILES string of the molecule is FC(F)n1ccnn1. The molecule has 1 aromatic rings. The first-order chi connectivity index (χ1) is 3.80. The van der Waals surface area contributed by atoms with Gasteiger partial charge in [-0.15, -0.1) is 5.10 Å². The van der Waals surface area contributed by atoms with Gasteiger partial charge in [0.05, 0.1) is 12.4 Å². The van der Waals surface area contributed by atoms with Crippen LogP contribution in [-0.2, 0) is 0 Å². The Morgan fingerprint density at radius 2 is 2.25 bits per heavy atom. The van der Waals surface area contributed by atoms with E-state index in [1.165, 1.54) is 6.20 Å². The highest BCUT2D eigenvalue weighted by Crippen LogP contribution is 2.03. The summed E-state index contributed by atoms with van der Waals surface area (Å²) in [7, 11) is 0. The van der Waals surface area contributed by atoms with Crippen LogP contribution in [0.25, 0.3) is 0 Å². The van der Waals surface area contributed by atoms with Crippen molar-refractivity contribution in [1.82, 2.24) is 15.0 Å². The van der Waals surface area contributed by atoms with E-state index >= 15 is 0 Å². The van der Waals surface area contributed by atoms with Crippen LogP contribution in [0.15, 0.2) is 12.4 Å². The summed E-state index contributed by atoms with van der Waals surface area (Å²) < 4.78 is 23.4. The third-order valence-corrected chi connectivity index (χ3v) is 0.641. The highest BCUT2D eigenvalue weighted by Gasteiger charge is 2.02. The molecule has 0 amide bonds. The molecule has 0 aromatic carbocycles. The van der Waals surface area contributed by atoms with E-state index < -0.39 is 6.55 Å². The van der Waals surface area contributed by atoms with Gasteiger partial charge in [0.25, 0.3) is 0 Å². The quantitative estimate of drug-likeness (QED) is 0.544. The molecule has 0 radical (unpaired) electrons. The molecular weight excluding hydrogens is 116 g/mol. The lowest BCUT2D eigenvalue weighted by Crippen LogP contribution is -1.97. The van der Waals surface area contributed by atoms with E-state index in [1.807, 2.05) is 0 Å². The molecule has 0 fully saturated rings. The van der Waals surface area contributed by atoms with E-state index in [4.69, 9.17) is 0 Å². The van der Waals surface area contributed by atoms with Gasteiger partial charge in [-0.2, -0.15) is 13.5 Å². The van der Waals surface area contributed by atoms with Crippen LogP contribution in [0.1, 0.15) is 6.55 Å². The molecule has 0 spiro atoms. The maximum Gasteiger partial charge on any atom is 0.334 e. The van der Waals surface area contributed by atoms with Gasteiger partial charge in [0, 0.05) is 0 Å². The maximum atomic E-state index is 11.5. The van der Waals surface area contributed by atoms with Crippen molar-refractivity contribution in [2.24, 2.45) is 0 Å². The van der Waals surface area contributed by atoms with Gasteiger partial charge in [-0.1, -0.05) is 5.21 Å². The van der Waals surface area contributed by atoms with Crippen molar-refractivity contribution in [3.05, 3.63) is 12.4 Å². The Balaban J connectivity index is 2.77. The van der Waals surface area contributed by atoms with Gasteiger partial charge in [-0.05, 0) is 0 Å². The topological polar surface area (TPSA) is 30.7 Å². The molecule has 0 saturated carbocycles. The molecular formula is C3H3F2N3. The predicted molar refractivity (Wildman–Crippen MR) is 21.3 cm³/mol. The number of nitrogens with zero attached hydrogens (tertiary/aromatic N) is 3. The average molecular weight is 119 g/mol. The van der Waals surface area contributed by atoms with E-state index in [2.05, 4.69) is 10.3 Å². The number of alkyl halides is 2. The third kappa shape index (κ3) is 0.800. The minimum absolute atomic E-state index is 0.472. The summed E-state index contributed by atoms with van der Waals surface area (Å²) in [6.45, 7) is -2.57. The molecule has 5 heteroatoms. The lowest BCUT2D eigenvalue weighted by atomic mass is 10.9. The fraction of sp³-hybridized carbons (Fsp3) is 0.333. The van der Waals surface area contributed by atoms with Crippen LogP contribution in [0.4, 0.5) is 8.78 Å². The van der Waals surface area contributed by atoms with Gasteiger partial charge >= 0.3 is 6.55 Å². The van der Waals surface area contributed by atoms with Crippen LogP contribution < -0.4 is 0 Å². The van der Waals surface area contributed by atoms with Crippen LogP contribution in [0, 0.1) is 0 Å². The van der Waals surface area contributed by atoms with E-state index in [9.17, 15) is 8.78 Å². The molecule has 0 aliphatic carbocycles. The predicted octanol–water partition coefficient (Wildman–Crippen LogP) is 0.673. The standard InChI is InChI=1S/C3H3F2N3/c4-3(5)8-2-1-6-7-8/h1-3H. The number of hydrogen-bond donors (Lipinski definition) is 0. The monoisotopic (exact) mass is 119 g/mol. The van der Waals surface area contributed by atoms with Crippen molar-refractivity contribution in [1.29, 1.82) is 0 Å². The molecule has 0 unspecified atom stereocenters. The highest BCUT2D eigenvalue weighted by molar-refractivity contribution is 4.62. The fourth-order valence-corrected chi connectivity index (χ4v) is 0.321. The number of rotatable bonds is 1. The van der Waals surface area contributed by atoms with Crippen LogP contribution in [0.3, 0.4) is 0 Å². The lowest BCUT2D eigenvalue weighted by Gasteiger charge is -1.91. The second-order valence-corrected chi connectivity index (χ2v) is 1.16. The molecule has 1 heterocycles. The van der Waals surface area contributed by atoms with Gasteiger partial charge in [-0.3, -0.25) is 0 Å². The zero-order valence-electron chi connectivity index (χ0n) is 3.83. The zero-order chi connectivity index (χ0) is 5.98. The summed E-state index contributed by atoms with van der Waals surface area (Å²) in [5.41, 5.74) is 0. The maximum absolute atomic E-state index is 11.5. The number of aromatic nitrogens is 3. The molecule has 8 heavy (non-hydrogen) atoms.